The molecule has 0 spiro atoms. The van der Waals surface area contributed by atoms with E-state index in [9.17, 15) is 23.3 Å². The second kappa shape index (κ2) is 9.57. The van der Waals surface area contributed by atoms with Gasteiger partial charge in [0.2, 0.25) is 15.9 Å². The zero-order valence-electron chi connectivity index (χ0n) is 21.2. The molecule has 2 unspecified atom stereocenters. The number of sulfonamides is 1. The molecule has 2 atom stereocenters. The van der Waals surface area contributed by atoms with E-state index in [-0.39, 0.29) is 28.6 Å². The number of nitrogens with zero attached hydrogens (tertiary/aromatic N) is 4. The number of nitrogens with one attached hydrogen (secondary N) is 1. The molecule has 36 heavy (non-hydrogen) atoms. The number of anilines is 1. The molecule has 3 saturated heterocycles. The molecular weight excluding hydrogens is 482 g/mol. The highest BCUT2D eigenvalue weighted by Crippen LogP contribution is 2.40. The number of benzene rings is 1. The summed E-state index contributed by atoms with van der Waals surface area (Å²) in [6, 6.07) is 3.72. The maximum absolute atomic E-state index is 13.2. The molecule has 5 rings (SSSR count). The molecule has 11 heteroatoms. The first kappa shape index (κ1) is 25.4. The molecule has 0 bridgehead atoms. The number of β-lactam (4-membered cyclic amide) rings is 1. The summed E-state index contributed by atoms with van der Waals surface area (Å²) in [6.45, 7) is 7.37. The first-order valence-corrected chi connectivity index (χ1v) is 14.7. The van der Waals surface area contributed by atoms with Gasteiger partial charge in [0, 0.05) is 43.8 Å². The fourth-order valence-corrected chi connectivity index (χ4v) is 7.66. The molecule has 1 aromatic rings. The highest BCUT2D eigenvalue weighted by atomic mass is 32.2. The highest BCUT2D eigenvalue weighted by Gasteiger charge is 2.51. The largest absolute Gasteiger partial charge is 0.364 e. The molecule has 1 saturated carbocycles. The van der Waals surface area contributed by atoms with Gasteiger partial charge in [-0.25, -0.2) is 13.1 Å². The topological polar surface area (TPSA) is 116 Å². The third-order valence-corrected chi connectivity index (χ3v) is 10.2. The summed E-state index contributed by atoms with van der Waals surface area (Å²) < 4.78 is 29.1. The van der Waals surface area contributed by atoms with Crippen molar-refractivity contribution in [2.45, 2.75) is 75.8 Å². The molecular formula is C25H37N5O5S. The molecule has 3 heterocycles. The predicted octanol–water partition coefficient (Wildman–Crippen LogP) is 2.65. The second-order valence-corrected chi connectivity index (χ2v) is 12.9. The summed E-state index contributed by atoms with van der Waals surface area (Å²) in [5.74, 6) is -0.0226. The zero-order chi connectivity index (χ0) is 25.7. The third kappa shape index (κ3) is 4.50. The van der Waals surface area contributed by atoms with Crippen molar-refractivity contribution in [2.24, 2.45) is 5.41 Å². The summed E-state index contributed by atoms with van der Waals surface area (Å²) in [5.41, 5.74) is -0.310. The van der Waals surface area contributed by atoms with Crippen LogP contribution in [0, 0.1) is 22.5 Å². The van der Waals surface area contributed by atoms with Gasteiger partial charge in [0.05, 0.1) is 15.2 Å². The minimum Gasteiger partial charge on any atom is -0.364 e. The van der Waals surface area contributed by atoms with Crippen LogP contribution in [0.15, 0.2) is 17.0 Å². The van der Waals surface area contributed by atoms with Crippen LogP contribution >= 0.6 is 0 Å². The van der Waals surface area contributed by atoms with Crippen LogP contribution in [0.3, 0.4) is 0 Å². The lowest BCUT2D eigenvalue weighted by Gasteiger charge is -2.52. The van der Waals surface area contributed by atoms with Crippen LogP contribution in [0.5, 0.6) is 0 Å². The van der Waals surface area contributed by atoms with Crippen molar-refractivity contribution in [2.75, 3.05) is 44.2 Å². The lowest BCUT2D eigenvalue weighted by Crippen LogP contribution is -2.67. The summed E-state index contributed by atoms with van der Waals surface area (Å²) in [6.07, 6.45) is 7.56. The van der Waals surface area contributed by atoms with Crippen LogP contribution in [-0.2, 0) is 14.8 Å². The molecule has 4 fully saturated rings. The second-order valence-electron chi connectivity index (χ2n) is 11.2. The van der Waals surface area contributed by atoms with E-state index in [1.165, 1.54) is 25.8 Å². The Morgan fingerprint density at radius 3 is 2.39 bits per heavy atom. The van der Waals surface area contributed by atoms with Crippen molar-refractivity contribution < 1.29 is 18.1 Å². The average molecular weight is 520 g/mol. The Balaban J connectivity index is 1.33. The summed E-state index contributed by atoms with van der Waals surface area (Å²) in [5, 5.41) is 12.2. The van der Waals surface area contributed by atoms with Gasteiger partial charge in [0.15, 0.2) is 0 Å². The number of rotatable bonds is 8. The van der Waals surface area contributed by atoms with Crippen LogP contribution in [0.25, 0.3) is 0 Å². The number of hydrogen-bond acceptors (Lipinski definition) is 7. The standard InChI is InChI=1S/C25H37N5O5S/c1-18-22(36(34,35)26-16-25(2)17-29(24(25)31)19-7-5-8-19)11-10-21(23(18)30(32)33)28-14-6-9-20(15-28)27-12-3-4-13-27/h10-11,19-20,26H,3-9,12-17H2,1-2H3. The number of likely N-dealkylation sites (tertiary alicyclic amines) is 2. The van der Waals surface area contributed by atoms with Crippen molar-refractivity contribution in [1.82, 2.24) is 14.5 Å². The monoisotopic (exact) mass is 519 g/mol. The van der Waals surface area contributed by atoms with Crippen LogP contribution < -0.4 is 9.62 Å². The number of carbonyl (C=O) groups is 1. The number of carbonyl (C=O) groups excluding carboxylic acids is 1. The van der Waals surface area contributed by atoms with Crippen LogP contribution in [-0.4, -0.2) is 80.4 Å². The lowest BCUT2D eigenvalue weighted by atomic mass is 9.76. The smallest absolute Gasteiger partial charge is 0.296 e. The highest BCUT2D eigenvalue weighted by molar-refractivity contribution is 7.89. The number of nitro groups is 1. The predicted molar refractivity (Wildman–Crippen MR) is 137 cm³/mol. The van der Waals surface area contributed by atoms with Gasteiger partial charge in [-0.15, -0.1) is 0 Å². The zero-order valence-corrected chi connectivity index (χ0v) is 22.1. The fraction of sp³-hybridized carbons (Fsp3) is 0.720. The number of piperidine rings is 1. The number of nitro benzene ring substituents is 1. The van der Waals surface area contributed by atoms with E-state index in [0.29, 0.717) is 37.4 Å². The molecule has 1 N–H and O–H groups in total. The van der Waals surface area contributed by atoms with E-state index in [2.05, 4.69) is 9.62 Å². The Morgan fingerprint density at radius 2 is 1.78 bits per heavy atom. The molecule has 0 radical (unpaired) electrons. The fourth-order valence-electron chi connectivity index (χ4n) is 6.25. The maximum atomic E-state index is 13.2. The number of amides is 1. The normalized spacial score (nSPS) is 27.7. The van der Waals surface area contributed by atoms with Crippen molar-refractivity contribution in [3.05, 3.63) is 27.8 Å². The lowest BCUT2D eigenvalue weighted by molar-refractivity contribution is -0.384. The Kier molecular flexibility index (Phi) is 6.76. The van der Waals surface area contributed by atoms with Crippen molar-refractivity contribution >= 4 is 27.3 Å². The molecule has 0 aromatic heterocycles. The SMILES string of the molecule is Cc1c(S(=O)(=O)NCC2(C)CN(C3CCC3)C2=O)ccc(N2CCCC(N3CCCC3)C2)c1[N+](=O)[O-]. The summed E-state index contributed by atoms with van der Waals surface area (Å²) in [4.78, 5) is 30.7. The van der Waals surface area contributed by atoms with Gasteiger partial charge in [0.25, 0.3) is 5.69 Å². The van der Waals surface area contributed by atoms with E-state index in [4.69, 9.17) is 0 Å². The first-order valence-electron chi connectivity index (χ1n) is 13.2. The van der Waals surface area contributed by atoms with Crippen molar-refractivity contribution in [3.8, 4) is 0 Å². The molecule has 1 aromatic carbocycles. The minimum atomic E-state index is -4.03. The van der Waals surface area contributed by atoms with E-state index < -0.39 is 20.4 Å². The van der Waals surface area contributed by atoms with Gasteiger partial charge in [-0.2, -0.15) is 0 Å². The molecule has 1 aliphatic carbocycles. The van der Waals surface area contributed by atoms with E-state index in [1.807, 2.05) is 9.80 Å². The van der Waals surface area contributed by atoms with Gasteiger partial charge in [-0.3, -0.25) is 19.8 Å². The summed E-state index contributed by atoms with van der Waals surface area (Å²) >= 11 is 0. The van der Waals surface area contributed by atoms with Gasteiger partial charge in [-0.1, -0.05) is 0 Å². The summed E-state index contributed by atoms with van der Waals surface area (Å²) in [7, 11) is -4.03. The molecule has 4 aliphatic rings. The molecule has 1 amide bonds. The third-order valence-electron chi connectivity index (χ3n) is 8.69. The van der Waals surface area contributed by atoms with Gasteiger partial charge >= 0.3 is 0 Å². The van der Waals surface area contributed by atoms with Gasteiger partial charge < -0.3 is 9.80 Å². The Hall–Kier alpha value is -2.24. The van der Waals surface area contributed by atoms with Crippen molar-refractivity contribution in [3.63, 3.8) is 0 Å². The van der Waals surface area contributed by atoms with E-state index >= 15 is 0 Å². The molecule has 3 aliphatic heterocycles. The number of hydrogen-bond donors (Lipinski definition) is 1. The Morgan fingerprint density at radius 1 is 1.08 bits per heavy atom. The quantitative estimate of drug-likeness (QED) is 0.319. The Labute approximate surface area is 213 Å². The molecule has 198 valence electrons. The molecule has 10 nitrogen and oxygen atoms in total. The van der Waals surface area contributed by atoms with E-state index in [1.54, 1.807) is 13.0 Å². The van der Waals surface area contributed by atoms with Gasteiger partial charge in [0.1, 0.15) is 5.69 Å². The Bertz CT molecular complexity index is 1150. The first-order chi connectivity index (χ1) is 17.1. The van der Waals surface area contributed by atoms with Gasteiger partial charge in [-0.05, 0) is 84.0 Å². The van der Waals surface area contributed by atoms with Crippen LogP contribution in [0.1, 0.15) is 57.4 Å². The maximum Gasteiger partial charge on any atom is 0.296 e. The average Bonchev–Trinajstić information content (AvgIpc) is 3.36. The minimum absolute atomic E-state index is 0.0178. The van der Waals surface area contributed by atoms with Crippen molar-refractivity contribution in [1.29, 1.82) is 0 Å². The van der Waals surface area contributed by atoms with E-state index in [0.717, 1.165) is 45.2 Å². The van der Waals surface area contributed by atoms with Crippen LogP contribution in [0.4, 0.5) is 11.4 Å². The van der Waals surface area contributed by atoms with Crippen LogP contribution in [0.2, 0.25) is 0 Å².